The van der Waals surface area contributed by atoms with Crippen LogP contribution in [0.15, 0.2) is 47.4 Å². The number of hydrogen-bond donors (Lipinski definition) is 0. The second-order valence-electron chi connectivity index (χ2n) is 6.24. The average molecular weight is 401 g/mol. The van der Waals surface area contributed by atoms with Crippen LogP contribution in [0.5, 0.6) is 0 Å². The van der Waals surface area contributed by atoms with Gasteiger partial charge in [0, 0.05) is 32.2 Å². The Morgan fingerprint density at radius 2 is 1.62 bits per heavy atom. The molecule has 1 aliphatic heterocycles. The lowest BCUT2D eigenvalue weighted by atomic mass is 10.1. The summed E-state index contributed by atoms with van der Waals surface area (Å²) in [6, 6.07) is 9.80. The lowest BCUT2D eigenvalue weighted by Crippen LogP contribution is -2.49. The zero-order valence-corrected chi connectivity index (χ0v) is 15.8. The first-order chi connectivity index (χ1) is 12.3. The van der Waals surface area contributed by atoms with E-state index in [9.17, 15) is 17.2 Å². The molecule has 0 saturated carbocycles. The van der Waals surface area contributed by atoms with Crippen molar-refractivity contribution in [2.75, 3.05) is 26.2 Å². The summed E-state index contributed by atoms with van der Waals surface area (Å²) in [6.45, 7) is 3.75. The highest BCUT2D eigenvalue weighted by atomic mass is 35.5. The first-order valence-electron chi connectivity index (χ1n) is 8.24. The van der Waals surface area contributed by atoms with E-state index in [1.54, 1.807) is 12.1 Å². The molecule has 0 N–H and O–H groups in total. The van der Waals surface area contributed by atoms with E-state index in [1.807, 2.05) is 6.92 Å². The second kappa shape index (κ2) is 7.60. The molecular formula is C18H19ClF2N2O2S. The summed E-state index contributed by atoms with van der Waals surface area (Å²) in [5.74, 6) is -0.932. The van der Waals surface area contributed by atoms with E-state index in [0.717, 1.165) is 17.7 Å². The Hall–Kier alpha value is -1.54. The second-order valence-corrected chi connectivity index (χ2v) is 8.59. The average Bonchev–Trinajstić information content (AvgIpc) is 2.64. The van der Waals surface area contributed by atoms with E-state index in [4.69, 9.17) is 11.6 Å². The molecule has 0 amide bonds. The molecule has 1 aliphatic rings. The molecule has 0 bridgehead atoms. The third kappa shape index (κ3) is 3.91. The summed E-state index contributed by atoms with van der Waals surface area (Å²) in [6.07, 6.45) is 0. The fourth-order valence-corrected chi connectivity index (χ4v) is 4.76. The number of benzene rings is 2. The quantitative estimate of drug-likeness (QED) is 0.786. The number of piperazine rings is 1. The van der Waals surface area contributed by atoms with Crippen molar-refractivity contribution in [2.45, 2.75) is 17.9 Å². The van der Waals surface area contributed by atoms with Crippen LogP contribution in [0.1, 0.15) is 18.5 Å². The Kier molecular flexibility index (Phi) is 5.62. The molecular weight excluding hydrogens is 382 g/mol. The molecule has 1 saturated heterocycles. The molecule has 4 nitrogen and oxygen atoms in total. The molecule has 1 fully saturated rings. The number of hydrogen-bond acceptors (Lipinski definition) is 3. The number of nitrogens with zero attached hydrogens (tertiary/aromatic N) is 2. The van der Waals surface area contributed by atoms with Gasteiger partial charge >= 0.3 is 0 Å². The molecule has 0 aliphatic carbocycles. The Bertz CT molecular complexity index is 883. The van der Waals surface area contributed by atoms with Gasteiger partial charge in [-0.3, -0.25) is 4.90 Å². The fraction of sp³-hybridized carbons (Fsp3) is 0.333. The van der Waals surface area contributed by atoms with Crippen molar-refractivity contribution >= 4 is 21.6 Å². The minimum absolute atomic E-state index is 0.0102. The molecule has 26 heavy (non-hydrogen) atoms. The van der Waals surface area contributed by atoms with Crippen LogP contribution in [0.2, 0.25) is 5.02 Å². The number of sulfonamides is 1. The highest BCUT2D eigenvalue weighted by Gasteiger charge is 2.30. The van der Waals surface area contributed by atoms with E-state index in [2.05, 4.69) is 4.90 Å². The van der Waals surface area contributed by atoms with Gasteiger partial charge in [0.1, 0.15) is 11.6 Å². The van der Waals surface area contributed by atoms with Gasteiger partial charge < -0.3 is 0 Å². The summed E-state index contributed by atoms with van der Waals surface area (Å²) >= 11 is 5.71. The predicted molar refractivity (Wildman–Crippen MR) is 96.6 cm³/mol. The van der Waals surface area contributed by atoms with Crippen LogP contribution >= 0.6 is 11.6 Å². The minimum atomic E-state index is -3.71. The molecule has 0 radical (unpaired) electrons. The molecule has 0 spiro atoms. The first kappa shape index (κ1) is 19.2. The molecule has 0 aromatic heterocycles. The SMILES string of the molecule is C[C@@H](c1ccc(F)cc1)N1CCN(S(=O)(=O)c2ccc(F)c(Cl)c2)CC1. The van der Waals surface area contributed by atoms with Crippen molar-refractivity contribution in [1.29, 1.82) is 0 Å². The van der Waals surface area contributed by atoms with Crippen LogP contribution < -0.4 is 0 Å². The summed E-state index contributed by atoms with van der Waals surface area (Å²) in [4.78, 5) is 2.14. The minimum Gasteiger partial charge on any atom is -0.294 e. The van der Waals surface area contributed by atoms with Gasteiger partial charge in [0.15, 0.2) is 0 Å². The highest BCUT2D eigenvalue weighted by Crippen LogP contribution is 2.26. The fourth-order valence-electron chi connectivity index (χ4n) is 3.07. The van der Waals surface area contributed by atoms with Gasteiger partial charge in [-0.2, -0.15) is 4.31 Å². The van der Waals surface area contributed by atoms with E-state index in [-0.39, 0.29) is 21.8 Å². The summed E-state index contributed by atoms with van der Waals surface area (Å²) in [7, 11) is -3.71. The van der Waals surface area contributed by atoms with E-state index >= 15 is 0 Å². The summed E-state index contributed by atoms with van der Waals surface area (Å²) in [5, 5.41) is -0.213. The number of halogens is 3. The normalized spacial score (nSPS) is 18.0. The molecule has 2 aromatic rings. The monoisotopic (exact) mass is 400 g/mol. The Labute approximate surface area is 157 Å². The van der Waals surface area contributed by atoms with Crippen molar-refractivity contribution in [1.82, 2.24) is 9.21 Å². The Morgan fingerprint density at radius 3 is 2.19 bits per heavy atom. The van der Waals surface area contributed by atoms with Crippen LogP contribution in [-0.4, -0.2) is 43.8 Å². The molecule has 1 atom stereocenters. The van der Waals surface area contributed by atoms with Crippen molar-refractivity contribution in [2.24, 2.45) is 0 Å². The molecule has 1 heterocycles. The lowest BCUT2D eigenvalue weighted by Gasteiger charge is -2.37. The Morgan fingerprint density at radius 1 is 1.00 bits per heavy atom. The smallest absolute Gasteiger partial charge is 0.243 e. The molecule has 3 rings (SSSR count). The van der Waals surface area contributed by atoms with Crippen molar-refractivity contribution < 1.29 is 17.2 Å². The van der Waals surface area contributed by atoms with Crippen LogP contribution in [0, 0.1) is 11.6 Å². The standard InChI is InChI=1S/C18H19ClF2N2O2S/c1-13(14-2-4-15(20)5-3-14)22-8-10-23(11-9-22)26(24,25)16-6-7-18(21)17(19)12-16/h2-7,12-13H,8-11H2,1H3/t13-/m0/s1. The molecule has 140 valence electrons. The third-order valence-corrected chi connectivity index (χ3v) is 6.89. The number of rotatable bonds is 4. The van der Waals surface area contributed by atoms with Crippen molar-refractivity contribution in [3.63, 3.8) is 0 Å². The van der Waals surface area contributed by atoms with Gasteiger partial charge in [-0.1, -0.05) is 23.7 Å². The van der Waals surface area contributed by atoms with Gasteiger partial charge in [0.2, 0.25) is 10.0 Å². The largest absolute Gasteiger partial charge is 0.294 e. The van der Waals surface area contributed by atoms with Crippen molar-refractivity contribution in [3.8, 4) is 0 Å². The molecule has 8 heteroatoms. The maximum absolute atomic E-state index is 13.3. The van der Waals surface area contributed by atoms with Gasteiger partial charge in [0.05, 0.1) is 9.92 Å². The van der Waals surface area contributed by atoms with E-state index < -0.39 is 15.8 Å². The Balaban J connectivity index is 1.69. The van der Waals surface area contributed by atoms with Gasteiger partial charge in [-0.25, -0.2) is 17.2 Å². The van der Waals surface area contributed by atoms with E-state index in [0.29, 0.717) is 26.2 Å². The zero-order valence-electron chi connectivity index (χ0n) is 14.2. The maximum atomic E-state index is 13.3. The van der Waals surface area contributed by atoms with Gasteiger partial charge in [-0.05, 0) is 42.8 Å². The van der Waals surface area contributed by atoms with Crippen molar-refractivity contribution in [3.05, 3.63) is 64.7 Å². The van der Waals surface area contributed by atoms with E-state index in [1.165, 1.54) is 22.5 Å². The third-order valence-electron chi connectivity index (χ3n) is 4.70. The van der Waals surface area contributed by atoms with Crippen LogP contribution in [0.3, 0.4) is 0 Å². The van der Waals surface area contributed by atoms with Crippen LogP contribution in [-0.2, 0) is 10.0 Å². The first-order valence-corrected chi connectivity index (χ1v) is 10.1. The van der Waals surface area contributed by atoms with Crippen LogP contribution in [0.4, 0.5) is 8.78 Å². The van der Waals surface area contributed by atoms with Gasteiger partial charge in [0.25, 0.3) is 0 Å². The summed E-state index contributed by atoms with van der Waals surface area (Å²) < 4.78 is 53.2. The van der Waals surface area contributed by atoms with Crippen LogP contribution in [0.25, 0.3) is 0 Å². The summed E-state index contributed by atoms with van der Waals surface area (Å²) in [5.41, 5.74) is 0.980. The molecule has 0 unspecified atom stereocenters. The lowest BCUT2D eigenvalue weighted by molar-refractivity contribution is 0.146. The van der Waals surface area contributed by atoms with Gasteiger partial charge in [-0.15, -0.1) is 0 Å². The zero-order chi connectivity index (χ0) is 18.9. The topological polar surface area (TPSA) is 40.6 Å². The predicted octanol–water partition coefficient (Wildman–Crippen LogP) is 3.69. The molecule has 2 aromatic carbocycles. The maximum Gasteiger partial charge on any atom is 0.243 e. The highest BCUT2D eigenvalue weighted by molar-refractivity contribution is 7.89.